The monoisotopic (exact) mass is 370 g/mol. The number of aromatic nitrogens is 4. The van der Waals surface area contributed by atoms with E-state index in [0.717, 1.165) is 54.2 Å². The normalized spacial score (nSPS) is 17.6. The van der Waals surface area contributed by atoms with Crippen LogP contribution in [0.4, 0.5) is 11.6 Å². The summed E-state index contributed by atoms with van der Waals surface area (Å²) < 4.78 is 1.58. The molecule has 136 valence electrons. The van der Waals surface area contributed by atoms with Gasteiger partial charge in [0.2, 0.25) is 0 Å². The van der Waals surface area contributed by atoms with Gasteiger partial charge in [-0.3, -0.25) is 4.79 Å². The van der Waals surface area contributed by atoms with Crippen LogP contribution in [0.25, 0.3) is 10.2 Å². The minimum atomic E-state index is -0.0521. The molecule has 1 N–H and O–H groups in total. The van der Waals surface area contributed by atoms with Gasteiger partial charge in [-0.25, -0.2) is 15.0 Å². The number of fused-ring (bicyclic) bond motifs is 1. The Hall–Kier alpha value is -2.48. The van der Waals surface area contributed by atoms with Crippen molar-refractivity contribution >= 4 is 33.2 Å². The molecule has 0 spiro atoms. The largest absolute Gasteiger partial charge is 0.365 e. The van der Waals surface area contributed by atoms with Crippen molar-refractivity contribution in [2.45, 2.75) is 32.2 Å². The Morgan fingerprint density at radius 2 is 2.27 bits per heavy atom. The van der Waals surface area contributed by atoms with Crippen LogP contribution in [-0.4, -0.2) is 38.7 Å². The summed E-state index contributed by atoms with van der Waals surface area (Å²) in [5, 5.41) is 6.71. The van der Waals surface area contributed by atoms with Gasteiger partial charge < -0.3 is 14.8 Å². The van der Waals surface area contributed by atoms with E-state index in [1.165, 1.54) is 0 Å². The highest BCUT2D eigenvalue weighted by molar-refractivity contribution is 7.16. The zero-order chi connectivity index (χ0) is 18.1. The van der Waals surface area contributed by atoms with Gasteiger partial charge in [0.15, 0.2) is 5.82 Å². The molecule has 0 saturated carbocycles. The van der Waals surface area contributed by atoms with Crippen LogP contribution in [-0.2, 0) is 13.5 Å². The molecule has 1 aliphatic heterocycles. The average molecular weight is 370 g/mol. The maximum Gasteiger partial charge on any atom is 0.293 e. The number of thiophene rings is 1. The lowest BCUT2D eigenvalue weighted by molar-refractivity contribution is 0.523. The van der Waals surface area contributed by atoms with Crippen molar-refractivity contribution in [2.75, 3.05) is 23.3 Å². The zero-order valence-corrected chi connectivity index (χ0v) is 15.8. The van der Waals surface area contributed by atoms with E-state index >= 15 is 0 Å². The molecule has 7 nitrogen and oxygen atoms in total. The topological polar surface area (TPSA) is 75.9 Å². The van der Waals surface area contributed by atoms with E-state index in [-0.39, 0.29) is 11.6 Å². The zero-order valence-electron chi connectivity index (χ0n) is 15.0. The van der Waals surface area contributed by atoms with Gasteiger partial charge in [0.05, 0.1) is 5.39 Å². The van der Waals surface area contributed by atoms with E-state index in [1.807, 2.05) is 0 Å². The summed E-state index contributed by atoms with van der Waals surface area (Å²) in [5.74, 6) is 2.28. The number of hydrogen-bond donors (Lipinski definition) is 1. The molecule has 0 aromatic carbocycles. The van der Waals surface area contributed by atoms with Gasteiger partial charge >= 0.3 is 0 Å². The Kier molecular flexibility index (Phi) is 4.58. The standard InChI is InChI=1S/C18H22N6OS/c1-3-14-21-15(13-6-10-26-17(13)22-14)20-12-5-4-8-24(11-12)16-18(25)23(2)9-7-19-16/h6-7,9-10,12H,3-5,8,11H2,1-2H3,(H,20,21,22)/t12-/m1/s1. The van der Waals surface area contributed by atoms with Crippen LogP contribution in [0.5, 0.6) is 0 Å². The summed E-state index contributed by atoms with van der Waals surface area (Å²) in [7, 11) is 1.76. The molecule has 26 heavy (non-hydrogen) atoms. The number of nitrogens with zero attached hydrogens (tertiary/aromatic N) is 5. The van der Waals surface area contributed by atoms with Crippen molar-refractivity contribution < 1.29 is 0 Å². The van der Waals surface area contributed by atoms with Gasteiger partial charge in [-0.1, -0.05) is 6.92 Å². The Morgan fingerprint density at radius 3 is 3.12 bits per heavy atom. The molecule has 8 heteroatoms. The molecule has 0 radical (unpaired) electrons. The Balaban J connectivity index is 1.58. The fourth-order valence-corrected chi connectivity index (χ4v) is 4.13. The smallest absolute Gasteiger partial charge is 0.293 e. The second kappa shape index (κ2) is 7.03. The number of anilines is 2. The van der Waals surface area contributed by atoms with Gasteiger partial charge in [-0.05, 0) is 24.3 Å². The van der Waals surface area contributed by atoms with Crippen molar-refractivity contribution in [3.63, 3.8) is 0 Å². The van der Waals surface area contributed by atoms with Crippen molar-refractivity contribution in [1.29, 1.82) is 0 Å². The Bertz CT molecular complexity index is 981. The van der Waals surface area contributed by atoms with E-state index < -0.39 is 0 Å². The second-order valence-electron chi connectivity index (χ2n) is 6.58. The first-order chi connectivity index (χ1) is 12.7. The number of aryl methyl sites for hydroxylation is 2. The maximum absolute atomic E-state index is 12.4. The van der Waals surface area contributed by atoms with Crippen molar-refractivity contribution in [2.24, 2.45) is 7.05 Å². The van der Waals surface area contributed by atoms with Crippen LogP contribution in [0.2, 0.25) is 0 Å². The SMILES string of the molecule is CCc1nc(N[C@@H]2CCCN(c3nccn(C)c3=O)C2)c2ccsc2n1. The summed E-state index contributed by atoms with van der Waals surface area (Å²) in [4.78, 5) is 29.1. The van der Waals surface area contributed by atoms with E-state index in [1.54, 1.807) is 35.3 Å². The van der Waals surface area contributed by atoms with Gasteiger partial charge in [0, 0.05) is 45.0 Å². The molecule has 0 unspecified atom stereocenters. The second-order valence-corrected chi connectivity index (χ2v) is 7.47. The summed E-state index contributed by atoms with van der Waals surface area (Å²) in [5.41, 5.74) is -0.0521. The third-order valence-electron chi connectivity index (χ3n) is 4.75. The molecule has 3 aromatic rings. The van der Waals surface area contributed by atoms with Crippen LogP contribution in [0.15, 0.2) is 28.6 Å². The third-order valence-corrected chi connectivity index (χ3v) is 5.55. The molecule has 4 heterocycles. The van der Waals surface area contributed by atoms with E-state index in [9.17, 15) is 4.79 Å². The highest BCUT2D eigenvalue weighted by Gasteiger charge is 2.24. The molecular weight excluding hydrogens is 348 g/mol. The number of hydrogen-bond acceptors (Lipinski definition) is 7. The third kappa shape index (κ3) is 3.16. The van der Waals surface area contributed by atoms with Gasteiger partial charge in [-0.15, -0.1) is 11.3 Å². The molecule has 3 aromatic heterocycles. The van der Waals surface area contributed by atoms with E-state index in [4.69, 9.17) is 4.98 Å². The first-order valence-electron chi connectivity index (χ1n) is 8.93. The molecule has 1 aliphatic rings. The van der Waals surface area contributed by atoms with Crippen molar-refractivity contribution in [1.82, 2.24) is 19.5 Å². The van der Waals surface area contributed by atoms with E-state index in [0.29, 0.717) is 5.82 Å². The summed E-state index contributed by atoms with van der Waals surface area (Å²) in [6.07, 6.45) is 6.23. The molecular formula is C18H22N6OS. The van der Waals surface area contributed by atoms with E-state index in [2.05, 4.69) is 38.6 Å². The van der Waals surface area contributed by atoms with Crippen LogP contribution < -0.4 is 15.8 Å². The van der Waals surface area contributed by atoms with Gasteiger partial charge in [0.1, 0.15) is 16.5 Å². The number of piperidine rings is 1. The lowest BCUT2D eigenvalue weighted by Crippen LogP contribution is -2.45. The predicted octanol–water partition coefficient (Wildman–Crippen LogP) is 2.43. The molecule has 1 atom stereocenters. The van der Waals surface area contributed by atoms with Crippen molar-refractivity contribution in [3.05, 3.63) is 40.0 Å². The molecule has 0 bridgehead atoms. The predicted molar refractivity (Wildman–Crippen MR) is 105 cm³/mol. The van der Waals surface area contributed by atoms with Crippen LogP contribution >= 0.6 is 11.3 Å². The fraction of sp³-hybridized carbons (Fsp3) is 0.444. The molecule has 1 saturated heterocycles. The molecule has 1 fully saturated rings. The Labute approximate surface area is 155 Å². The van der Waals surface area contributed by atoms with Crippen LogP contribution in [0.1, 0.15) is 25.6 Å². The minimum absolute atomic E-state index is 0.0521. The van der Waals surface area contributed by atoms with Crippen LogP contribution in [0.3, 0.4) is 0 Å². The molecule has 0 amide bonds. The highest BCUT2D eigenvalue weighted by Crippen LogP contribution is 2.27. The van der Waals surface area contributed by atoms with Gasteiger partial charge in [0.25, 0.3) is 5.56 Å². The fourth-order valence-electron chi connectivity index (χ4n) is 3.35. The number of rotatable bonds is 4. The molecule has 4 rings (SSSR count). The number of nitrogens with one attached hydrogen (secondary N) is 1. The summed E-state index contributed by atoms with van der Waals surface area (Å²) >= 11 is 1.64. The Morgan fingerprint density at radius 1 is 1.38 bits per heavy atom. The highest BCUT2D eigenvalue weighted by atomic mass is 32.1. The minimum Gasteiger partial charge on any atom is -0.365 e. The average Bonchev–Trinajstić information content (AvgIpc) is 3.13. The summed E-state index contributed by atoms with van der Waals surface area (Å²) in [6, 6.07) is 2.29. The van der Waals surface area contributed by atoms with Gasteiger partial charge in [-0.2, -0.15) is 0 Å². The first kappa shape index (κ1) is 17.0. The summed E-state index contributed by atoms with van der Waals surface area (Å²) in [6.45, 7) is 3.66. The van der Waals surface area contributed by atoms with Crippen molar-refractivity contribution in [3.8, 4) is 0 Å². The maximum atomic E-state index is 12.4. The van der Waals surface area contributed by atoms with Crippen LogP contribution in [0, 0.1) is 0 Å². The molecule has 0 aliphatic carbocycles. The lowest BCUT2D eigenvalue weighted by atomic mass is 10.1. The lowest BCUT2D eigenvalue weighted by Gasteiger charge is -2.33. The quantitative estimate of drug-likeness (QED) is 0.760. The first-order valence-corrected chi connectivity index (χ1v) is 9.81.